The maximum absolute atomic E-state index is 4.83. The molecule has 0 bridgehead atoms. The topological polar surface area (TPSA) is 64.1 Å². The second-order valence-electron chi connectivity index (χ2n) is 8.43. The zero-order valence-electron chi connectivity index (χ0n) is 17.5. The standard InChI is InChI=1S/C23H27N7/c1-17(2)29-14-18(11-25-29)13-28-10-4-6-21(15-28)23-26-22-8-7-20(16-30(22)27-23)19-5-3-9-24-12-19/h3,5,7-9,11-12,14,16-17,21H,4,6,10,13,15H2,1-2H3. The van der Waals surface area contributed by atoms with Gasteiger partial charge in [-0.15, -0.1) is 0 Å². The highest BCUT2D eigenvalue weighted by Crippen LogP contribution is 2.27. The number of pyridine rings is 2. The summed E-state index contributed by atoms with van der Waals surface area (Å²) in [5.41, 5.74) is 4.35. The molecule has 1 unspecified atom stereocenters. The van der Waals surface area contributed by atoms with Gasteiger partial charge < -0.3 is 0 Å². The monoisotopic (exact) mass is 401 g/mol. The van der Waals surface area contributed by atoms with E-state index >= 15 is 0 Å². The van der Waals surface area contributed by atoms with Gasteiger partial charge in [0.25, 0.3) is 0 Å². The van der Waals surface area contributed by atoms with Crippen LogP contribution in [0.5, 0.6) is 0 Å². The van der Waals surface area contributed by atoms with Crippen molar-refractivity contribution in [1.29, 1.82) is 0 Å². The van der Waals surface area contributed by atoms with Gasteiger partial charge in [0.05, 0.1) is 6.20 Å². The predicted octanol–water partition coefficient (Wildman–Crippen LogP) is 3.95. The van der Waals surface area contributed by atoms with E-state index in [1.54, 1.807) is 6.20 Å². The largest absolute Gasteiger partial charge is 0.298 e. The third-order valence-corrected chi connectivity index (χ3v) is 5.80. The van der Waals surface area contributed by atoms with E-state index in [1.807, 2.05) is 39.9 Å². The maximum Gasteiger partial charge on any atom is 0.156 e. The van der Waals surface area contributed by atoms with Crippen molar-refractivity contribution in [3.05, 3.63) is 66.6 Å². The second kappa shape index (κ2) is 7.99. The van der Waals surface area contributed by atoms with Crippen LogP contribution in [0, 0.1) is 0 Å². The molecule has 0 amide bonds. The lowest BCUT2D eigenvalue weighted by Gasteiger charge is -2.30. The fourth-order valence-electron chi connectivity index (χ4n) is 4.19. The fourth-order valence-corrected chi connectivity index (χ4v) is 4.19. The minimum Gasteiger partial charge on any atom is -0.298 e. The van der Waals surface area contributed by atoms with Gasteiger partial charge in [-0.05, 0) is 51.4 Å². The van der Waals surface area contributed by atoms with Crippen molar-refractivity contribution in [2.75, 3.05) is 13.1 Å². The number of rotatable bonds is 5. The Hall–Kier alpha value is -3.06. The van der Waals surface area contributed by atoms with Crippen LogP contribution in [-0.4, -0.2) is 47.4 Å². The first kappa shape index (κ1) is 18.9. The Morgan fingerprint density at radius 3 is 2.83 bits per heavy atom. The van der Waals surface area contributed by atoms with Gasteiger partial charge in [0.15, 0.2) is 11.5 Å². The van der Waals surface area contributed by atoms with Gasteiger partial charge in [-0.3, -0.25) is 14.6 Å². The van der Waals surface area contributed by atoms with Crippen molar-refractivity contribution in [3.8, 4) is 11.1 Å². The van der Waals surface area contributed by atoms with Gasteiger partial charge in [-0.2, -0.15) is 10.2 Å². The van der Waals surface area contributed by atoms with Crippen LogP contribution >= 0.6 is 0 Å². The molecule has 1 saturated heterocycles. The van der Waals surface area contributed by atoms with E-state index in [9.17, 15) is 0 Å². The second-order valence-corrected chi connectivity index (χ2v) is 8.43. The summed E-state index contributed by atoms with van der Waals surface area (Å²) in [4.78, 5) is 11.6. The normalized spacial score (nSPS) is 17.8. The number of hydrogen-bond acceptors (Lipinski definition) is 5. The molecule has 5 heterocycles. The van der Waals surface area contributed by atoms with Gasteiger partial charge in [-0.25, -0.2) is 9.50 Å². The molecule has 0 spiro atoms. The van der Waals surface area contributed by atoms with E-state index in [1.165, 1.54) is 12.0 Å². The Bertz CT molecular complexity index is 1130. The molecule has 5 rings (SSSR count). The van der Waals surface area contributed by atoms with Crippen molar-refractivity contribution < 1.29 is 0 Å². The molecule has 0 radical (unpaired) electrons. The van der Waals surface area contributed by atoms with E-state index in [-0.39, 0.29) is 0 Å². The Morgan fingerprint density at radius 1 is 1.10 bits per heavy atom. The van der Waals surface area contributed by atoms with Crippen molar-refractivity contribution in [3.63, 3.8) is 0 Å². The molecule has 1 aliphatic heterocycles. The smallest absolute Gasteiger partial charge is 0.156 e. The molecular formula is C23H27N7. The molecular weight excluding hydrogens is 374 g/mol. The number of likely N-dealkylation sites (tertiary alicyclic amines) is 1. The molecule has 1 aliphatic rings. The van der Waals surface area contributed by atoms with E-state index in [0.717, 1.165) is 48.7 Å². The number of piperidine rings is 1. The molecule has 30 heavy (non-hydrogen) atoms. The first-order chi connectivity index (χ1) is 14.7. The SMILES string of the molecule is CC(C)n1cc(CN2CCCC(c3nc4ccc(-c5cccnc5)cn4n3)C2)cn1. The van der Waals surface area contributed by atoms with Gasteiger partial charge in [0.1, 0.15) is 0 Å². The summed E-state index contributed by atoms with van der Waals surface area (Å²) in [7, 11) is 0. The zero-order chi connectivity index (χ0) is 20.5. The van der Waals surface area contributed by atoms with Crippen LogP contribution in [0.3, 0.4) is 0 Å². The number of nitrogens with zero attached hydrogens (tertiary/aromatic N) is 7. The van der Waals surface area contributed by atoms with Gasteiger partial charge in [-0.1, -0.05) is 6.07 Å². The predicted molar refractivity (Wildman–Crippen MR) is 116 cm³/mol. The Morgan fingerprint density at radius 2 is 2.03 bits per heavy atom. The molecule has 154 valence electrons. The summed E-state index contributed by atoms with van der Waals surface area (Å²) in [5.74, 6) is 1.31. The van der Waals surface area contributed by atoms with Crippen molar-refractivity contribution in [2.45, 2.75) is 45.2 Å². The Balaban J connectivity index is 1.33. The Kier molecular flexibility index (Phi) is 5.04. The zero-order valence-corrected chi connectivity index (χ0v) is 17.5. The lowest BCUT2D eigenvalue weighted by atomic mass is 9.97. The van der Waals surface area contributed by atoms with Crippen LogP contribution < -0.4 is 0 Å². The molecule has 0 saturated carbocycles. The quantitative estimate of drug-likeness (QED) is 0.507. The molecule has 1 fully saturated rings. The average molecular weight is 402 g/mol. The van der Waals surface area contributed by atoms with Gasteiger partial charge >= 0.3 is 0 Å². The van der Waals surface area contributed by atoms with Gasteiger partial charge in [0, 0.05) is 66.5 Å². The summed E-state index contributed by atoms with van der Waals surface area (Å²) in [6, 6.07) is 8.54. The van der Waals surface area contributed by atoms with Crippen LogP contribution in [0.4, 0.5) is 0 Å². The third-order valence-electron chi connectivity index (χ3n) is 5.80. The summed E-state index contributed by atoms with van der Waals surface area (Å²) in [6.07, 6.45) is 12.2. The third kappa shape index (κ3) is 3.85. The summed E-state index contributed by atoms with van der Waals surface area (Å²) < 4.78 is 3.93. The van der Waals surface area contributed by atoms with E-state index < -0.39 is 0 Å². The maximum atomic E-state index is 4.83. The average Bonchev–Trinajstić information content (AvgIpc) is 3.41. The first-order valence-electron chi connectivity index (χ1n) is 10.7. The highest BCUT2D eigenvalue weighted by Gasteiger charge is 2.25. The molecule has 7 heteroatoms. The molecule has 0 N–H and O–H groups in total. The van der Waals surface area contributed by atoms with E-state index in [4.69, 9.17) is 10.1 Å². The molecule has 4 aromatic heterocycles. The van der Waals surface area contributed by atoms with Crippen LogP contribution in [0.25, 0.3) is 16.8 Å². The molecule has 0 aliphatic carbocycles. The molecule has 4 aromatic rings. The first-order valence-corrected chi connectivity index (χ1v) is 10.7. The molecule has 1 atom stereocenters. The fraction of sp³-hybridized carbons (Fsp3) is 0.391. The highest BCUT2D eigenvalue weighted by atomic mass is 15.3. The van der Waals surface area contributed by atoms with E-state index in [0.29, 0.717) is 12.0 Å². The molecule has 0 aromatic carbocycles. The lowest BCUT2D eigenvalue weighted by molar-refractivity contribution is 0.196. The minimum atomic E-state index is 0.362. The summed E-state index contributed by atoms with van der Waals surface area (Å²) in [5, 5.41) is 9.31. The number of aromatic nitrogens is 6. The molecule has 7 nitrogen and oxygen atoms in total. The van der Waals surface area contributed by atoms with Crippen molar-refractivity contribution >= 4 is 5.65 Å². The number of fused-ring (bicyclic) bond motifs is 1. The van der Waals surface area contributed by atoms with Crippen LogP contribution in [-0.2, 0) is 6.54 Å². The minimum absolute atomic E-state index is 0.362. The van der Waals surface area contributed by atoms with Crippen LogP contribution in [0.2, 0.25) is 0 Å². The van der Waals surface area contributed by atoms with Crippen LogP contribution in [0.15, 0.2) is 55.2 Å². The van der Waals surface area contributed by atoms with Crippen molar-refractivity contribution in [2.24, 2.45) is 0 Å². The number of hydrogen-bond donors (Lipinski definition) is 0. The summed E-state index contributed by atoms with van der Waals surface area (Å²) >= 11 is 0. The summed E-state index contributed by atoms with van der Waals surface area (Å²) in [6.45, 7) is 7.34. The lowest BCUT2D eigenvalue weighted by Crippen LogP contribution is -2.34. The highest BCUT2D eigenvalue weighted by molar-refractivity contribution is 5.63. The Labute approximate surface area is 176 Å². The van der Waals surface area contributed by atoms with E-state index in [2.05, 4.69) is 47.2 Å². The van der Waals surface area contributed by atoms with Crippen molar-refractivity contribution in [1.82, 2.24) is 34.3 Å². The van der Waals surface area contributed by atoms with Crippen LogP contribution in [0.1, 0.15) is 50.0 Å². The van der Waals surface area contributed by atoms with Gasteiger partial charge in [0.2, 0.25) is 0 Å².